The molecule has 3 N–H and O–H groups in total. The molecule has 0 spiro atoms. The summed E-state index contributed by atoms with van der Waals surface area (Å²) in [7, 11) is 0. The van der Waals surface area contributed by atoms with E-state index in [9.17, 15) is 14.9 Å². The number of nitrogens with zero attached hydrogens (tertiary/aromatic N) is 3. The number of carbonyl (C=O) groups excluding carboxylic acids is 1. The van der Waals surface area contributed by atoms with E-state index in [2.05, 4.69) is 10.4 Å². The van der Waals surface area contributed by atoms with Crippen LogP contribution in [0.25, 0.3) is 5.69 Å². The van der Waals surface area contributed by atoms with Crippen molar-refractivity contribution in [1.29, 1.82) is 0 Å². The highest BCUT2D eigenvalue weighted by atomic mass is 35.5. The van der Waals surface area contributed by atoms with Gasteiger partial charge in [-0.3, -0.25) is 14.9 Å². The number of rotatable bonds is 7. The van der Waals surface area contributed by atoms with Gasteiger partial charge < -0.3 is 11.1 Å². The Morgan fingerprint density at radius 2 is 1.96 bits per heavy atom. The third-order valence-corrected chi connectivity index (χ3v) is 4.16. The number of para-hydroxylation sites is 2. The zero-order valence-electron chi connectivity index (χ0n) is 14.1. The van der Waals surface area contributed by atoms with E-state index in [4.69, 9.17) is 5.73 Å². The van der Waals surface area contributed by atoms with E-state index in [1.165, 1.54) is 23.0 Å². The van der Waals surface area contributed by atoms with E-state index in [0.29, 0.717) is 12.2 Å². The van der Waals surface area contributed by atoms with E-state index in [-0.39, 0.29) is 29.7 Å². The van der Waals surface area contributed by atoms with Crippen LogP contribution >= 0.6 is 12.4 Å². The SMILES string of the molecule is CCC(N)(CC)CNC(=O)c1ccn(-c2ccccc2[N+](=O)[O-])n1.Cl. The van der Waals surface area contributed by atoms with Gasteiger partial charge >= 0.3 is 0 Å². The van der Waals surface area contributed by atoms with E-state index >= 15 is 0 Å². The van der Waals surface area contributed by atoms with Gasteiger partial charge in [0.25, 0.3) is 11.6 Å². The fourth-order valence-electron chi connectivity index (χ4n) is 2.24. The second-order valence-corrected chi connectivity index (χ2v) is 5.64. The molecule has 1 heterocycles. The maximum absolute atomic E-state index is 12.2. The second-order valence-electron chi connectivity index (χ2n) is 5.64. The smallest absolute Gasteiger partial charge is 0.294 e. The van der Waals surface area contributed by atoms with Gasteiger partial charge in [-0.1, -0.05) is 26.0 Å². The number of benzene rings is 1. The van der Waals surface area contributed by atoms with E-state index < -0.39 is 10.5 Å². The monoisotopic (exact) mass is 367 g/mol. The Hall–Kier alpha value is -2.45. The number of halogens is 1. The van der Waals surface area contributed by atoms with E-state index in [1.54, 1.807) is 18.2 Å². The second kappa shape index (κ2) is 8.59. The van der Waals surface area contributed by atoms with Crippen molar-refractivity contribution < 1.29 is 9.72 Å². The molecule has 2 rings (SSSR count). The van der Waals surface area contributed by atoms with Crippen LogP contribution in [-0.2, 0) is 0 Å². The number of nitro groups is 1. The minimum atomic E-state index is -0.484. The summed E-state index contributed by atoms with van der Waals surface area (Å²) >= 11 is 0. The molecule has 1 aromatic carbocycles. The first-order valence-electron chi connectivity index (χ1n) is 7.76. The molecule has 1 aromatic heterocycles. The zero-order chi connectivity index (χ0) is 17.7. The summed E-state index contributed by atoms with van der Waals surface area (Å²) in [5.41, 5.74) is 6.12. The molecular weight excluding hydrogens is 346 g/mol. The lowest BCUT2D eigenvalue weighted by molar-refractivity contribution is -0.384. The number of hydrogen-bond acceptors (Lipinski definition) is 5. The van der Waals surface area contributed by atoms with Crippen molar-refractivity contribution in [3.8, 4) is 5.69 Å². The molecule has 0 radical (unpaired) electrons. The number of hydrogen-bond donors (Lipinski definition) is 2. The quantitative estimate of drug-likeness (QED) is 0.576. The van der Waals surface area contributed by atoms with Crippen molar-refractivity contribution in [2.75, 3.05) is 6.54 Å². The molecule has 0 fully saturated rings. The van der Waals surface area contributed by atoms with Gasteiger partial charge in [0.15, 0.2) is 5.69 Å². The van der Waals surface area contributed by atoms with Crippen molar-refractivity contribution in [3.63, 3.8) is 0 Å². The number of nitrogens with two attached hydrogens (primary N) is 1. The number of carbonyl (C=O) groups is 1. The molecule has 0 unspecified atom stereocenters. The van der Waals surface area contributed by atoms with Crippen molar-refractivity contribution in [3.05, 3.63) is 52.3 Å². The van der Waals surface area contributed by atoms with Gasteiger partial charge in [0.2, 0.25) is 0 Å². The van der Waals surface area contributed by atoms with Crippen molar-refractivity contribution in [1.82, 2.24) is 15.1 Å². The fourth-order valence-corrected chi connectivity index (χ4v) is 2.24. The van der Waals surface area contributed by atoms with Gasteiger partial charge in [-0.15, -0.1) is 12.4 Å². The minimum absolute atomic E-state index is 0. The molecule has 0 aliphatic rings. The van der Waals surface area contributed by atoms with Gasteiger partial charge in [-0.2, -0.15) is 5.10 Å². The average Bonchev–Trinajstić information content (AvgIpc) is 3.09. The van der Waals surface area contributed by atoms with Gasteiger partial charge in [0.05, 0.1) is 4.92 Å². The molecular formula is C16H22ClN5O3. The summed E-state index contributed by atoms with van der Waals surface area (Å²) in [6.07, 6.45) is 3.01. The van der Waals surface area contributed by atoms with Gasteiger partial charge in [0.1, 0.15) is 5.69 Å². The van der Waals surface area contributed by atoms with Crippen LogP contribution < -0.4 is 11.1 Å². The van der Waals surface area contributed by atoms with Crippen LogP contribution in [0.2, 0.25) is 0 Å². The van der Waals surface area contributed by atoms with Crippen molar-refractivity contribution in [2.24, 2.45) is 5.73 Å². The van der Waals surface area contributed by atoms with Crippen LogP contribution in [0.1, 0.15) is 37.2 Å². The number of aromatic nitrogens is 2. The first-order chi connectivity index (χ1) is 11.4. The fraction of sp³-hybridized carbons (Fsp3) is 0.375. The Labute approximate surface area is 152 Å². The van der Waals surface area contributed by atoms with Crippen LogP contribution in [0.5, 0.6) is 0 Å². The summed E-state index contributed by atoms with van der Waals surface area (Å²) < 4.78 is 1.32. The van der Waals surface area contributed by atoms with E-state index in [1.807, 2.05) is 13.8 Å². The highest BCUT2D eigenvalue weighted by Crippen LogP contribution is 2.21. The normalized spacial score (nSPS) is 10.8. The molecule has 25 heavy (non-hydrogen) atoms. The third kappa shape index (κ3) is 4.77. The van der Waals surface area contributed by atoms with Crippen LogP contribution in [0.4, 0.5) is 5.69 Å². The largest absolute Gasteiger partial charge is 0.349 e. The lowest BCUT2D eigenvalue weighted by Gasteiger charge is -2.26. The van der Waals surface area contributed by atoms with Crippen molar-refractivity contribution in [2.45, 2.75) is 32.2 Å². The number of nitro benzene ring substituents is 1. The molecule has 0 saturated heterocycles. The molecule has 2 aromatic rings. The summed E-state index contributed by atoms with van der Waals surface area (Å²) in [5.74, 6) is -0.357. The highest BCUT2D eigenvalue weighted by Gasteiger charge is 2.22. The standard InChI is InChI=1S/C16H21N5O3.ClH/c1-3-16(17,4-2)11-18-15(22)12-9-10-20(19-12)13-7-5-6-8-14(13)21(23)24;/h5-10H,3-4,11,17H2,1-2H3,(H,18,22);1H. The molecule has 136 valence electrons. The number of nitrogens with one attached hydrogen (secondary N) is 1. The predicted molar refractivity (Wildman–Crippen MR) is 97.3 cm³/mol. The molecule has 0 aliphatic carbocycles. The highest BCUT2D eigenvalue weighted by molar-refractivity contribution is 5.92. The minimum Gasteiger partial charge on any atom is -0.349 e. The molecule has 0 saturated carbocycles. The zero-order valence-corrected chi connectivity index (χ0v) is 15.0. The summed E-state index contributed by atoms with van der Waals surface area (Å²) in [4.78, 5) is 22.8. The first kappa shape index (κ1) is 20.6. The number of amides is 1. The average molecular weight is 368 g/mol. The van der Waals surface area contributed by atoms with Gasteiger partial charge in [0, 0.05) is 24.3 Å². The van der Waals surface area contributed by atoms with Gasteiger partial charge in [-0.05, 0) is 25.0 Å². The lowest BCUT2D eigenvalue weighted by Crippen LogP contribution is -2.49. The Morgan fingerprint density at radius 3 is 2.56 bits per heavy atom. The molecule has 0 aliphatic heterocycles. The molecule has 1 amide bonds. The summed E-state index contributed by atoms with van der Waals surface area (Å²) in [6.45, 7) is 4.29. The predicted octanol–water partition coefficient (Wildman–Crippen LogP) is 2.45. The summed E-state index contributed by atoms with van der Waals surface area (Å²) in [6, 6.07) is 7.74. The summed E-state index contributed by atoms with van der Waals surface area (Å²) in [5, 5.41) is 18.0. The maximum Gasteiger partial charge on any atom is 0.294 e. The van der Waals surface area contributed by atoms with E-state index in [0.717, 1.165) is 12.8 Å². The molecule has 0 bridgehead atoms. The van der Waals surface area contributed by atoms with Crippen LogP contribution in [-0.4, -0.2) is 32.7 Å². The van der Waals surface area contributed by atoms with Crippen LogP contribution in [0, 0.1) is 10.1 Å². The van der Waals surface area contributed by atoms with Gasteiger partial charge in [-0.25, -0.2) is 4.68 Å². The Morgan fingerprint density at radius 1 is 1.32 bits per heavy atom. The Bertz CT molecular complexity index is 743. The van der Waals surface area contributed by atoms with Crippen LogP contribution in [0.15, 0.2) is 36.5 Å². The molecule has 0 atom stereocenters. The topological polar surface area (TPSA) is 116 Å². The molecule has 9 heteroatoms. The third-order valence-electron chi connectivity index (χ3n) is 4.16. The Kier molecular flexibility index (Phi) is 7.08. The maximum atomic E-state index is 12.2. The molecule has 8 nitrogen and oxygen atoms in total. The van der Waals surface area contributed by atoms with Crippen LogP contribution in [0.3, 0.4) is 0 Å². The van der Waals surface area contributed by atoms with Crippen molar-refractivity contribution >= 4 is 24.0 Å². The lowest BCUT2D eigenvalue weighted by atomic mass is 9.94. The first-order valence-corrected chi connectivity index (χ1v) is 7.76. The Balaban J connectivity index is 0.00000312.